The molecule has 3 aromatic rings. The van der Waals surface area contributed by atoms with Gasteiger partial charge in [-0.1, -0.05) is 72.8 Å². The number of aliphatic hydroxyl groups is 1. The largest absolute Gasteiger partial charge is 0.480 e. The second-order valence-electron chi connectivity index (χ2n) is 8.60. The summed E-state index contributed by atoms with van der Waals surface area (Å²) in [5.74, 6) is -3.37. The van der Waals surface area contributed by atoms with Crippen LogP contribution in [0.15, 0.2) is 72.8 Å². The van der Waals surface area contributed by atoms with E-state index in [0.717, 1.165) is 21.9 Å². The summed E-state index contributed by atoms with van der Waals surface area (Å²) in [5, 5.41) is 27.3. The first kappa shape index (κ1) is 27.3. The number of rotatable bonds is 12. The highest BCUT2D eigenvalue weighted by Gasteiger charge is 2.25. The first-order chi connectivity index (χ1) is 17.8. The maximum absolute atomic E-state index is 12.9. The third-order valence-electron chi connectivity index (χ3n) is 5.76. The molecule has 0 heterocycles. The first-order valence-corrected chi connectivity index (χ1v) is 11.7. The summed E-state index contributed by atoms with van der Waals surface area (Å²) in [6.07, 6.45) is 0.410. The number of nitrogens with one attached hydrogen (secondary N) is 3. The zero-order valence-corrected chi connectivity index (χ0v) is 20.1. The van der Waals surface area contributed by atoms with Gasteiger partial charge in [0.2, 0.25) is 17.7 Å². The molecule has 0 aromatic heterocycles. The van der Waals surface area contributed by atoms with Crippen molar-refractivity contribution in [3.63, 3.8) is 0 Å². The number of fused-ring (bicyclic) bond motifs is 1. The Balaban J connectivity index is 1.64. The first-order valence-electron chi connectivity index (χ1n) is 11.7. The van der Waals surface area contributed by atoms with Gasteiger partial charge < -0.3 is 31.9 Å². The van der Waals surface area contributed by atoms with E-state index in [1.807, 2.05) is 48.5 Å². The Bertz CT molecular complexity index is 1250. The number of nitrogens with two attached hydrogens (primary N) is 1. The van der Waals surface area contributed by atoms with Crippen molar-refractivity contribution >= 4 is 34.5 Å². The van der Waals surface area contributed by atoms with Crippen LogP contribution in [-0.4, -0.2) is 65.2 Å². The van der Waals surface area contributed by atoms with E-state index in [1.165, 1.54) is 0 Å². The van der Waals surface area contributed by atoms with Gasteiger partial charge in [0, 0.05) is 6.42 Å². The van der Waals surface area contributed by atoms with E-state index < -0.39 is 55.0 Å². The SMILES string of the molecule is N[C@H](Cc1ccc2ccccc2c1)C(=O)N[C@H](Cc1ccccc1)C(=O)NCC(=O)N[C@H](CO)C(=O)O. The number of hydrogen-bond donors (Lipinski definition) is 6. The summed E-state index contributed by atoms with van der Waals surface area (Å²) < 4.78 is 0. The van der Waals surface area contributed by atoms with E-state index in [0.29, 0.717) is 0 Å². The summed E-state index contributed by atoms with van der Waals surface area (Å²) in [6.45, 7) is -1.33. The molecule has 3 amide bonds. The van der Waals surface area contributed by atoms with Crippen LogP contribution < -0.4 is 21.7 Å². The van der Waals surface area contributed by atoms with Gasteiger partial charge in [-0.25, -0.2) is 4.79 Å². The summed E-state index contributed by atoms with van der Waals surface area (Å²) in [7, 11) is 0. The summed E-state index contributed by atoms with van der Waals surface area (Å²) in [6, 6.07) is 19.2. The van der Waals surface area contributed by atoms with Crippen LogP contribution >= 0.6 is 0 Å². The predicted octanol–water partition coefficient (Wildman–Crippen LogP) is 0.115. The van der Waals surface area contributed by atoms with Crippen LogP contribution in [0.2, 0.25) is 0 Å². The Hall–Kier alpha value is -4.28. The smallest absolute Gasteiger partial charge is 0.328 e. The molecule has 0 saturated heterocycles. The Morgan fingerprint density at radius 2 is 1.43 bits per heavy atom. The molecule has 194 valence electrons. The fraction of sp³-hybridized carbons (Fsp3) is 0.259. The quantitative estimate of drug-likeness (QED) is 0.202. The average molecular weight is 507 g/mol. The molecule has 7 N–H and O–H groups in total. The highest BCUT2D eigenvalue weighted by Crippen LogP contribution is 2.16. The van der Waals surface area contributed by atoms with Crippen LogP contribution in [0.3, 0.4) is 0 Å². The maximum atomic E-state index is 12.9. The van der Waals surface area contributed by atoms with Crippen LogP contribution in [0.5, 0.6) is 0 Å². The van der Waals surface area contributed by atoms with E-state index in [-0.39, 0.29) is 12.8 Å². The van der Waals surface area contributed by atoms with Crippen molar-refractivity contribution in [1.82, 2.24) is 16.0 Å². The van der Waals surface area contributed by atoms with E-state index in [4.69, 9.17) is 15.9 Å². The van der Waals surface area contributed by atoms with E-state index in [2.05, 4.69) is 16.0 Å². The molecule has 0 aliphatic heterocycles. The van der Waals surface area contributed by atoms with Crippen molar-refractivity contribution in [1.29, 1.82) is 0 Å². The van der Waals surface area contributed by atoms with E-state index in [1.54, 1.807) is 24.3 Å². The second-order valence-corrected chi connectivity index (χ2v) is 8.60. The molecule has 3 atom stereocenters. The van der Waals surface area contributed by atoms with Gasteiger partial charge in [-0.2, -0.15) is 0 Å². The third kappa shape index (κ3) is 8.13. The van der Waals surface area contributed by atoms with Crippen molar-refractivity contribution in [2.24, 2.45) is 5.73 Å². The van der Waals surface area contributed by atoms with Crippen molar-refractivity contribution in [3.05, 3.63) is 83.9 Å². The minimum Gasteiger partial charge on any atom is -0.480 e. The lowest BCUT2D eigenvalue weighted by atomic mass is 10.0. The molecule has 10 nitrogen and oxygen atoms in total. The molecule has 0 aliphatic rings. The topological polar surface area (TPSA) is 171 Å². The van der Waals surface area contributed by atoms with Crippen molar-refractivity contribution < 1.29 is 29.4 Å². The molecule has 0 bridgehead atoms. The molecule has 37 heavy (non-hydrogen) atoms. The van der Waals surface area contributed by atoms with Gasteiger partial charge in [0.15, 0.2) is 0 Å². The lowest BCUT2D eigenvalue weighted by molar-refractivity contribution is -0.142. The number of hydrogen-bond acceptors (Lipinski definition) is 6. The lowest BCUT2D eigenvalue weighted by Crippen LogP contribution is -2.54. The number of carbonyl (C=O) groups excluding carboxylic acids is 3. The standard InChI is InChI=1S/C27H30N4O6/c28-21(13-18-10-11-19-8-4-5-9-20(19)12-18)25(34)31-22(14-17-6-2-1-3-7-17)26(35)29-15-24(33)30-23(16-32)27(36)37/h1-12,21-23,32H,13-16,28H2,(H,29,35)(H,30,33)(H,31,34)(H,36,37)/t21-,22-,23-/m1/s1. The molecule has 3 aromatic carbocycles. The van der Waals surface area contributed by atoms with Crippen LogP contribution in [-0.2, 0) is 32.0 Å². The number of carbonyl (C=O) groups is 4. The van der Waals surface area contributed by atoms with Crippen molar-refractivity contribution in [3.8, 4) is 0 Å². The van der Waals surface area contributed by atoms with Gasteiger partial charge in [0.25, 0.3) is 0 Å². The molecular formula is C27H30N4O6. The van der Waals surface area contributed by atoms with Gasteiger partial charge >= 0.3 is 5.97 Å². The van der Waals surface area contributed by atoms with Gasteiger partial charge in [0.05, 0.1) is 19.2 Å². The van der Waals surface area contributed by atoms with E-state index >= 15 is 0 Å². The normalized spacial score (nSPS) is 13.2. The van der Waals surface area contributed by atoms with Gasteiger partial charge in [-0.05, 0) is 28.3 Å². The van der Waals surface area contributed by atoms with Gasteiger partial charge in [0.1, 0.15) is 12.1 Å². The summed E-state index contributed by atoms with van der Waals surface area (Å²) in [5.41, 5.74) is 7.82. The molecule has 0 fully saturated rings. The Kier molecular flexibility index (Phi) is 9.70. The molecule has 0 radical (unpaired) electrons. The third-order valence-corrected chi connectivity index (χ3v) is 5.76. The Labute approximate surface area is 213 Å². The van der Waals surface area contributed by atoms with Gasteiger partial charge in [-0.15, -0.1) is 0 Å². The predicted molar refractivity (Wildman–Crippen MR) is 137 cm³/mol. The zero-order chi connectivity index (χ0) is 26.8. The van der Waals surface area contributed by atoms with Crippen LogP contribution in [0, 0.1) is 0 Å². The fourth-order valence-electron chi connectivity index (χ4n) is 3.77. The monoisotopic (exact) mass is 506 g/mol. The maximum Gasteiger partial charge on any atom is 0.328 e. The number of benzene rings is 3. The van der Waals surface area contributed by atoms with Gasteiger partial charge in [-0.3, -0.25) is 14.4 Å². The van der Waals surface area contributed by atoms with Crippen LogP contribution in [0.1, 0.15) is 11.1 Å². The Morgan fingerprint density at radius 1 is 0.757 bits per heavy atom. The minimum atomic E-state index is -1.49. The van der Waals surface area contributed by atoms with Crippen molar-refractivity contribution in [2.75, 3.05) is 13.2 Å². The highest BCUT2D eigenvalue weighted by atomic mass is 16.4. The summed E-state index contributed by atoms with van der Waals surface area (Å²) in [4.78, 5) is 48.8. The van der Waals surface area contributed by atoms with Crippen LogP contribution in [0.25, 0.3) is 10.8 Å². The molecular weight excluding hydrogens is 476 g/mol. The number of carboxylic acids is 1. The molecule has 0 saturated carbocycles. The highest BCUT2D eigenvalue weighted by molar-refractivity contribution is 5.93. The fourth-order valence-corrected chi connectivity index (χ4v) is 3.77. The number of carboxylic acid groups (broad SMARTS) is 1. The second kappa shape index (κ2) is 13.1. The van der Waals surface area contributed by atoms with Crippen LogP contribution in [0.4, 0.5) is 0 Å². The summed E-state index contributed by atoms with van der Waals surface area (Å²) >= 11 is 0. The number of amides is 3. The van der Waals surface area contributed by atoms with E-state index in [9.17, 15) is 19.2 Å². The molecule has 0 unspecified atom stereocenters. The molecule has 3 rings (SSSR count). The number of aliphatic carboxylic acids is 1. The lowest BCUT2D eigenvalue weighted by Gasteiger charge is -2.21. The molecule has 0 aliphatic carbocycles. The average Bonchev–Trinajstić information content (AvgIpc) is 2.90. The molecule has 0 spiro atoms. The van der Waals surface area contributed by atoms with Crippen molar-refractivity contribution in [2.45, 2.75) is 31.0 Å². The minimum absolute atomic E-state index is 0.150. The number of aliphatic hydroxyl groups excluding tert-OH is 1. The Morgan fingerprint density at radius 3 is 2.11 bits per heavy atom. The molecule has 10 heteroatoms. The zero-order valence-electron chi connectivity index (χ0n) is 20.1.